The molecule has 1 aromatic heterocycles. The molecular weight excluding hydrogens is 517 g/mol. The van der Waals surface area contributed by atoms with Crippen molar-refractivity contribution in [2.24, 2.45) is 17.8 Å². The van der Waals surface area contributed by atoms with Gasteiger partial charge in [0.1, 0.15) is 5.76 Å². The zero-order chi connectivity index (χ0) is 27.4. The van der Waals surface area contributed by atoms with Gasteiger partial charge in [-0.1, -0.05) is 31.5 Å². The average molecular weight is 555 g/mol. The van der Waals surface area contributed by atoms with Crippen molar-refractivity contribution < 1.29 is 22.4 Å². The van der Waals surface area contributed by atoms with E-state index in [1.165, 1.54) is 18.6 Å². The Morgan fingerprint density at radius 3 is 2.50 bits per heavy atom. The van der Waals surface area contributed by atoms with Gasteiger partial charge in [0.25, 0.3) is 0 Å². The lowest BCUT2D eigenvalue weighted by atomic mass is 9.92. The first-order valence-electron chi connectivity index (χ1n) is 13.6. The van der Waals surface area contributed by atoms with E-state index in [0.29, 0.717) is 37.6 Å². The van der Waals surface area contributed by atoms with Crippen LogP contribution in [0, 0.1) is 24.7 Å². The summed E-state index contributed by atoms with van der Waals surface area (Å²) in [6.45, 7) is 12.2. The lowest BCUT2D eigenvalue weighted by Crippen LogP contribution is -2.42. The minimum Gasteiger partial charge on any atom is -0.441 e. The van der Waals surface area contributed by atoms with Gasteiger partial charge in [-0.2, -0.15) is 13.2 Å². The SMILES string of the molecule is Cc1oc(-c2c(Cl)cccc2C(F)(F)F)nc1CN1CCC(C(=O)NCCCN2C[C@H](C)C[C@H](C)C2)CC1. The Balaban J connectivity index is 1.25. The van der Waals surface area contributed by atoms with Gasteiger partial charge in [0, 0.05) is 32.1 Å². The van der Waals surface area contributed by atoms with E-state index in [0.717, 1.165) is 56.8 Å². The number of aryl methyl sites for hydroxylation is 1. The van der Waals surface area contributed by atoms with E-state index in [-0.39, 0.29) is 28.3 Å². The molecule has 2 saturated heterocycles. The van der Waals surface area contributed by atoms with Crippen LogP contribution >= 0.6 is 11.6 Å². The maximum atomic E-state index is 13.5. The van der Waals surface area contributed by atoms with Crippen molar-refractivity contribution in [1.82, 2.24) is 20.1 Å². The Labute approximate surface area is 227 Å². The molecule has 2 aromatic rings. The van der Waals surface area contributed by atoms with Crippen LogP contribution in [0.25, 0.3) is 11.5 Å². The summed E-state index contributed by atoms with van der Waals surface area (Å²) in [5.74, 6) is 1.90. The van der Waals surface area contributed by atoms with Crippen molar-refractivity contribution in [3.8, 4) is 11.5 Å². The molecule has 38 heavy (non-hydrogen) atoms. The predicted molar refractivity (Wildman–Crippen MR) is 142 cm³/mol. The Kier molecular flexibility index (Phi) is 9.42. The molecule has 2 aliphatic heterocycles. The highest BCUT2D eigenvalue weighted by atomic mass is 35.5. The van der Waals surface area contributed by atoms with E-state index in [2.05, 4.69) is 33.9 Å². The number of alkyl halides is 3. The molecule has 2 fully saturated rings. The summed E-state index contributed by atoms with van der Waals surface area (Å²) in [5, 5.41) is 3.06. The Morgan fingerprint density at radius 2 is 1.84 bits per heavy atom. The first-order chi connectivity index (χ1) is 18.0. The topological polar surface area (TPSA) is 61.6 Å². The molecule has 0 unspecified atom stereocenters. The van der Waals surface area contributed by atoms with Gasteiger partial charge in [0.15, 0.2) is 0 Å². The molecule has 4 rings (SSSR count). The number of rotatable bonds is 8. The molecule has 0 saturated carbocycles. The second kappa shape index (κ2) is 12.4. The monoisotopic (exact) mass is 554 g/mol. The van der Waals surface area contributed by atoms with Crippen molar-refractivity contribution in [1.29, 1.82) is 0 Å². The molecule has 10 heteroatoms. The largest absolute Gasteiger partial charge is 0.441 e. The van der Waals surface area contributed by atoms with Crippen LogP contribution in [0.4, 0.5) is 13.2 Å². The summed E-state index contributed by atoms with van der Waals surface area (Å²) < 4.78 is 46.2. The van der Waals surface area contributed by atoms with Gasteiger partial charge in [-0.3, -0.25) is 9.69 Å². The molecule has 2 atom stereocenters. The standard InChI is InChI=1S/C28H38ClF3N4O2/c1-18-14-19(2)16-36(15-18)11-5-10-33-26(37)21-8-12-35(13-9-21)17-24-20(3)38-27(34-24)25-22(28(30,31)32)6-4-7-23(25)29/h4,6-7,18-19,21H,5,8-17H2,1-3H3,(H,33,37)/t18-,19+. The van der Waals surface area contributed by atoms with Crippen LogP contribution in [0.1, 0.15) is 56.5 Å². The molecule has 1 amide bonds. The van der Waals surface area contributed by atoms with E-state index >= 15 is 0 Å². The number of carbonyl (C=O) groups excluding carboxylic acids is 1. The molecule has 2 aliphatic rings. The summed E-state index contributed by atoms with van der Waals surface area (Å²) in [6.07, 6.45) is -0.849. The van der Waals surface area contributed by atoms with Crippen molar-refractivity contribution in [2.45, 2.75) is 59.2 Å². The quantitative estimate of drug-likeness (QED) is 0.404. The number of hydrogen-bond donors (Lipinski definition) is 1. The summed E-state index contributed by atoms with van der Waals surface area (Å²) in [5.41, 5.74) is -0.530. The van der Waals surface area contributed by atoms with Gasteiger partial charge in [0.2, 0.25) is 11.8 Å². The van der Waals surface area contributed by atoms with Gasteiger partial charge in [-0.05, 0) is 76.2 Å². The molecular formula is C28H38ClF3N4O2. The highest BCUT2D eigenvalue weighted by Gasteiger charge is 2.36. The number of likely N-dealkylation sites (tertiary alicyclic amines) is 2. The third kappa shape index (κ3) is 7.30. The minimum absolute atomic E-state index is 0.0206. The fourth-order valence-electron chi connectivity index (χ4n) is 5.86. The van der Waals surface area contributed by atoms with Crippen molar-refractivity contribution in [2.75, 3.05) is 39.3 Å². The van der Waals surface area contributed by atoms with Gasteiger partial charge in [0.05, 0.1) is 21.8 Å². The zero-order valence-electron chi connectivity index (χ0n) is 22.4. The van der Waals surface area contributed by atoms with Crippen LogP contribution in [-0.2, 0) is 17.5 Å². The van der Waals surface area contributed by atoms with E-state index in [1.54, 1.807) is 6.92 Å². The highest BCUT2D eigenvalue weighted by molar-refractivity contribution is 6.33. The fourth-order valence-corrected chi connectivity index (χ4v) is 6.11. The highest BCUT2D eigenvalue weighted by Crippen LogP contribution is 2.41. The van der Waals surface area contributed by atoms with E-state index in [9.17, 15) is 18.0 Å². The summed E-state index contributed by atoms with van der Waals surface area (Å²) >= 11 is 6.11. The normalized spacial score (nSPS) is 22.1. The molecule has 1 aromatic carbocycles. The van der Waals surface area contributed by atoms with E-state index < -0.39 is 11.7 Å². The number of aromatic nitrogens is 1. The molecule has 0 radical (unpaired) electrons. The van der Waals surface area contributed by atoms with Gasteiger partial charge < -0.3 is 14.6 Å². The number of benzene rings is 1. The van der Waals surface area contributed by atoms with Crippen LogP contribution in [-0.4, -0.2) is 60.0 Å². The first kappa shape index (κ1) is 28.9. The first-order valence-corrected chi connectivity index (χ1v) is 13.9. The average Bonchev–Trinajstić information content (AvgIpc) is 3.20. The van der Waals surface area contributed by atoms with Gasteiger partial charge in [-0.15, -0.1) is 0 Å². The molecule has 0 bridgehead atoms. The van der Waals surface area contributed by atoms with Crippen LogP contribution in [0.5, 0.6) is 0 Å². The van der Waals surface area contributed by atoms with E-state index in [4.69, 9.17) is 16.0 Å². The number of oxazole rings is 1. The van der Waals surface area contributed by atoms with Crippen molar-refractivity contribution >= 4 is 17.5 Å². The molecule has 1 N–H and O–H groups in total. The number of amides is 1. The molecule has 210 valence electrons. The second-order valence-electron chi connectivity index (χ2n) is 11.1. The fraction of sp³-hybridized carbons (Fsp3) is 0.643. The van der Waals surface area contributed by atoms with Gasteiger partial charge in [-0.25, -0.2) is 4.98 Å². The number of piperidine rings is 2. The smallest absolute Gasteiger partial charge is 0.417 e. The Morgan fingerprint density at radius 1 is 1.16 bits per heavy atom. The number of carbonyl (C=O) groups is 1. The maximum Gasteiger partial charge on any atom is 0.417 e. The predicted octanol–water partition coefficient (Wildman–Crippen LogP) is 6.02. The zero-order valence-corrected chi connectivity index (χ0v) is 23.2. The molecule has 0 aliphatic carbocycles. The lowest BCUT2D eigenvalue weighted by molar-refractivity contribution is -0.137. The summed E-state index contributed by atoms with van der Waals surface area (Å²) in [7, 11) is 0. The Bertz CT molecular complexity index is 1090. The second-order valence-corrected chi connectivity index (χ2v) is 11.5. The Hall–Kier alpha value is -2.10. The van der Waals surface area contributed by atoms with Gasteiger partial charge >= 0.3 is 6.18 Å². The third-order valence-corrected chi connectivity index (χ3v) is 7.97. The van der Waals surface area contributed by atoms with Crippen molar-refractivity contribution in [3.63, 3.8) is 0 Å². The van der Waals surface area contributed by atoms with Crippen LogP contribution in [0.3, 0.4) is 0 Å². The summed E-state index contributed by atoms with van der Waals surface area (Å²) in [4.78, 5) is 21.8. The van der Waals surface area contributed by atoms with Crippen molar-refractivity contribution in [3.05, 3.63) is 40.2 Å². The number of hydrogen-bond acceptors (Lipinski definition) is 5. The summed E-state index contributed by atoms with van der Waals surface area (Å²) in [6, 6.07) is 3.64. The molecule has 6 nitrogen and oxygen atoms in total. The minimum atomic E-state index is -4.57. The lowest BCUT2D eigenvalue weighted by Gasteiger charge is -2.35. The number of nitrogens with zero attached hydrogens (tertiary/aromatic N) is 3. The van der Waals surface area contributed by atoms with E-state index in [1.807, 2.05) is 0 Å². The molecule has 0 spiro atoms. The number of nitrogens with one attached hydrogen (secondary N) is 1. The third-order valence-electron chi connectivity index (χ3n) is 7.65. The number of halogens is 4. The van der Waals surface area contributed by atoms with Crippen LogP contribution < -0.4 is 5.32 Å². The van der Waals surface area contributed by atoms with Crippen LogP contribution in [0.15, 0.2) is 22.6 Å². The molecule has 3 heterocycles. The van der Waals surface area contributed by atoms with Crippen LogP contribution in [0.2, 0.25) is 5.02 Å². The maximum absolute atomic E-state index is 13.5.